The van der Waals surface area contributed by atoms with Crippen LogP contribution in [0.1, 0.15) is 42.6 Å². The molecule has 1 fully saturated rings. The SMILES string of the molecule is O=C(NCc1cc2n(n1)CCCN(Cc1ccc(F)cc1Cl)C2)C1CCC1. The fraction of sp³-hybridized carbons (Fsp3) is 0.500. The van der Waals surface area contributed by atoms with Gasteiger partial charge in [0.25, 0.3) is 0 Å². The minimum atomic E-state index is -0.314. The van der Waals surface area contributed by atoms with Crippen LogP contribution in [-0.4, -0.2) is 27.1 Å². The van der Waals surface area contributed by atoms with Crippen molar-refractivity contribution in [2.75, 3.05) is 6.54 Å². The molecule has 1 aromatic carbocycles. The zero-order chi connectivity index (χ0) is 18.8. The smallest absolute Gasteiger partial charge is 0.223 e. The molecule has 2 aliphatic rings. The van der Waals surface area contributed by atoms with Gasteiger partial charge in [0.2, 0.25) is 5.91 Å². The quantitative estimate of drug-likeness (QED) is 0.850. The van der Waals surface area contributed by atoms with Crippen LogP contribution in [-0.2, 0) is 31.0 Å². The number of aromatic nitrogens is 2. The highest BCUT2D eigenvalue weighted by Crippen LogP contribution is 2.26. The minimum absolute atomic E-state index is 0.150. The lowest BCUT2D eigenvalue weighted by atomic mass is 9.85. The number of nitrogens with one attached hydrogen (secondary N) is 1. The highest BCUT2D eigenvalue weighted by atomic mass is 35.5. The lowest BCUT2D eigenvalue weighted by molar-refractivity contribution is -0.127. The van der Waals surface area contributed by atoms with Gasteiger partial charge in [0, 0.05) is 37.1 Å². The topological polar surface area (TPSA) is 50.2 Å². The van der Waals surface area contributed by atoms with Gasteiger partial charge < -0.3 is 5.32 Å². The maximum atomic E-state index is 13.3. The fourth-order valence-electron chi connectivity index (χ4n) is 3.69. The molecular weight excluding hydrogens is 367 g/mol. The molecule has 2 aromatic rings. The number of nitrogens with zero attached hydrogens (tertiary/aromatic N) is 3. The lowest BCUT2D eigenvalue weighted by Crippen LogP contribution is -2.34. The predicted octanol–water partition coefficient (Wildman–Crippen LogP) is 3.50. The number of halogens is 2. The molecule has 0 bridgehead atoms. The Morgan fingerprint density at radius 3 is 2.85 bits per heavy atom. The second-order valence-corrected chi connectivity index (χ2v) is 7.90. The van der Waals surface area contributed by atoms with Crippen LogP contribution in [0, 0.1) is 11.7 Å². The molecular formula is C20H24ClFN4O. The molecule has 0 unspecified atom stereocenters. The Morgan fingerprint density at radius 1 is 1.26 bits per heavy atom. The minimum Gasteiger partial charge on any atom is -0.350 e. The molecule has 0 radical (unpaired) electrons. The molecule has 1 aliphatic carbocycles. The normalized spacial score (nSPS) is 17.9. The Hall–Kier alpha value is -1.92. The van der Waals surface area contributed by atoms with Crippen molar-refractivity contribution in [3.05, 3.63) is 52.1 Å². The molecule has 5 nitrogen and oxygen atoms in total. The molecule has 1 aromatic heterocycles. The first-order chi connectivity index (χ1) is 13.1. The summed E-state index contributed by atoms with van der Waals surface area (Å²) in [5.74, 6) is 0.0321. The fourth-order valence-corrected chi connectivity index (χ4v) is 3.92. The summed E-state index contributed by atoms with van der Waals surface area (Å²) >= 11 is 6.18. The van der Waals surface area contributed by atoms with Gasteiger partial charge in [-0.3, -0.25) is 14.4 Å². The third-order valence-electron chi connectivity index (χ3n) is 5.47. The second-order valence-electron chi connectivity index (χ2n) is 7.50. The molecule has 1 saturated carbocycles. The van der Waals surface area contributed by atoms with E-state index in [0.29, 0.717) is 18.1 Å². The van der Waals surface area contributed by atoms with E-state index in [1.165, 1.54) is 12.1 Å². The summed E-state index contributed by atoms with van der Waals surface area (Å²) in [6.07, 6.45) is 4.16. The highest BCUT2D eigenvalue weighted by Gasteiger charge is 2.25. The maximum absolute atomic E-state index is 13.3. The number of carbonyl (C=O) groups is 1. The van der Waals surface area contributed by atoms with Gasteiger partial charge in [-0.2, -0.15) is 5.10 Å². The Morgan fingerprint density at radius 2 is 2.11 bits per heavy atom. The van der Waals surface area contributed by atoms with E-state index in [-0.39, 0.29) is 17.6 Å². The van der Waals surface area contributed by atoms with E-state index in [0.717, 1.165) is 62.3 Å². The molecule has 0 atom stereocenters. The average molecular weight is 391 g/mol. The van der Waals surface area contributed by atoms with Gasteiger partial charge >= 0.3 is 0 Å². The maximum Gasteiger partial charge on any atom is 0.223 e. The van der Waals surface area contributed by atoms with Crippen molar-refractivity contribution >= 4 is 17.5 Å². The summed E-state index contributed by atoms with van der Waals surface area (Å²) in [5, 5.41) is 8.13. The number of hydrogen-bond acceptors (Lipinski definition) is 3. The van der Waals surface area contributed by atoms with Crippen LogP contribution in [0.2, 0.25) is 5.02 Å². The van der Waals surface area contributed by atoms with E-state index in [2.05, 4.69) is 21.4 Å². The molecule has 2 heterocycles. The highest BCUT2D eigenvalue weighted by molar-refractivity contribution is 6.31. The molecule has 0 spiro atoms. The van der Waals surface area contributed by atoms with Crippen LogP contribution in [0.15, 0.2) is 24.3 Å². The van der Waals surface area contributed by atoms with E-state index < -0.39 is 0 Å². The van der Waals surface area contributed by atoms with Crippen molar-refractivity contribution in [1.82, 2.24) is 20.0 Å². The van der Waals surface area contributed by atoms with Crippen LogP contribution in [0.25, 0.3) is 0 Å². The molecule has 1 aliphatic heterocycles. The summed E-state index contributed by atoms with van der Waals surface area (Å²) in [5.41, 5.74) is 2.97. The zero-order valence-electron chi connectivity index (χ0n) is 15.3. The van der Waals surface area contributed by atoms with E-state index in [1.54, 1.807) is 6.07 Å². The van der Waals surface area contributed by atoms with Crippen LogP contribution in [0.3, 0.4) is 0 Å². The van der Waals surface area contributed by atoms with E-state index in [9.17, 15) is 9.18 Å². The second kappa shape index (κ2) is 7.98. The van der Waals surface area contributed by atoms with E-state index in [4.69, 9.17) is 11.6 Å². The van der Waals surface area contributed by atoms with Crippen molar-refractivity contribution in [3.63, 3.8) is 0 Å². The van der Waals surface area contributed by atoms with Crippen LogP contribution < -0.4 is 5.32 Å². The average Bonchev–Trinajstić information content (AvgIpc) is 2.86. The van der Waals surface area contributed by atoms with Crippen LogP contribution >= 0.6 is 11.6 Å². The van der Waals surface area contributed by atoms with Crippen molar-refractivity contribution in [2.45, 2.75) is 51.9 Å². The first-order valence-electron chi connectivity index (χ1n) is 9.58. The summed E-state index contributed by atoms with van der Waals surface area (Å²) in [4.78, 5) is 14.3. The lowest BCUT2D eigenvalue weighted by Gasteiger charge is -2.23. The monoisotopic (exact) mass is 390 g/mol. The van der Waals surface area contributed by atoms with Crippen LogP contribution in [0.4, 0.5) is 4.39 Å². The van der Waals surface area contributed by atoms with Gasteiger partial charge in [-0.1, -0.05) is 24.1 Å². The first-order valence-corrected chi connectivity index (χ1v) is 9.96. The van der Waals surface area contributed by atoms with Gasteiger partial charge in [0.1, 0.15) is 5.82 Å². The van der Waals surface area contributed by atoms with E-state index in [1.807, 2.05) is 4.68 Å². The zero-order valence-corrected chi connectivity index (χ0v) is 16.0. The van der Waals surface area contributed by atoms with Gasteiger partial charge in [0.05, 0.1) is 17.9 Å². The van der Waals surface area contributed by atoms with Crippen molar-refractivity contribution in [3.8, 4) is 0 Å². The van der Waals surface area contributed by atoms with Crippen LogP contribution in [0.5, 0.6) is 0 Å². The van der Waals surface area contributed by atoms with Gasteiger partial charge in [0.15, 0.2) is 0 Å². The van der Waals surface area contributed by atoms with Crippen molar-refractivity contribution in [2.24, 2.45) is 5.92 Å². The summed E-state index contributed by atoms with van der Waals surface area (Å²) in [6.45, 7) is 3.72. The molecule has 1 N–H and O–H groups in total. The van der Waals surface area contributed by atoms with Gasteiger partial charge in [-0.05, 0) is 43.0 Å². The number of hydrogen-bond donors (Lipinski definition) is 1. The number of amides is 1. The third-order valence-corrected chi connectivity index (χ3v) is 5.82. The first kappa shape index (κ1) is 18.4. The van der Waals surface area contributed by atoms with Crippen molar-refractivity contribution < 1.29 is 9.18 Å². The number of rotatable bonds is 5. The predicted molar refractivity (Wildman–Crippen MR) is 102 cm³/mol. The summed E-state index contributed by atoms with van der Waals surface area (Å²) in [7, 11) is 0. The number of fused-ring (bicyclic) bond motifs is 1. The molecule has 0 saturated heterocycles. The van der Waals surface area contributed by atoms with Crippen molar-refractivity contribution in [1.29, 1.82) is 0 Å². The number of benzene rings is 1. The summed E-state index contributed by atoms with van der Waals surface area (Å²) in [6, 6.07) is 6.64. The standard InChI is InChI=1S/C20H24ClFN4O/c21-19-9-16(22)6-5-15(19)12-25-7-2-8-26-18(13-25)10-17(24-26)11-23-20(27)14-3-1-4-14/h5-6,9-10,14H,1-4,7-8,11-13H2,(H,23,27). The number of carbonyl (C=O) groups excluding carboxylic acids is 1. The number of aryl methyl sites for hydroxylation is 1. The Kier molecular flexibility index (Phi) is 5.45. The Balaban J connectivity index is 1.39. The molecule has 144 valence electrons. The Bertz CT molecular complexity index is 833. The summed E-state index contributed by atoms with van der Waals surface area (Å²) < 4.78 is 15.3. The largest absolute Gasteiger partial charge is 0.350 e. The third kappa shape index (κ3) is 4.33. The van der Waals surface area contributed by atoms with E-state index >= 15 is 0 Å². The molecule has 4 rings (SSSR count). The molecule has 7 heteroatoms. The molecule has 27 heavy (non-hydrogen) atoms. The van der Waals surface area contributed by atoms with Gasteiger partial charge in [-0.15, -0.1) is 0 Å². The Labute approximate surface area is 163 Å². The molecule has 1 amide bonds. The van der Waals surface area contributed by atoms with Gasteiger partial charge in [-0.25, -0.2) is 4.39 Å².